The Morgan fingerprint density at radius 3 is 2.38 bits per heavy atom. The molecule has 0 radical (unpaired) electrons. The molecule has 0 unspecified atom stereocenters. The first-order valence-corrected chi connectivity index (χ1v) is 8.70. The predicted molar refractivity (Wildman–Crippen MR) is 61.4 cm³/mol. The van der Waals surface area contributed by atoms with Crippen LogP contribution in [0.5, 0.6) is 0 Å². The molecule has 0 amide bonds. The van der Waals surface area contributed by atoms with E-state index in [1.165, 1.54) is 19.3 Å². The molecule has 0 atom stereocenters. The van der Waals surface area contributed by atoms with Crippen molar-refractivity contribution in [1.29, 1.82) is 0 Å². The molecule has 0 saturated heterocycles. The number of benzene rings is 1. The quantitative estimate of drug-likeness (QED) is 0.597. The summed E-state index contributed by atoms with van der Waals surface area (Å²) in [7, 11) is -1.08. The molecule has 0 aromatic heterocycles. The van der Waals surface area contributed by atoms with E-state index in [9.17, 15) is 0 Å². The summed E-state index contributed by atoms with van der Waals surface area (Å²) in [4.78, 5) is 0. The molecule has 1 heteroatoms. The zero-order chi connectivity index (χ0) is 9.47. The third kappa shape index (κ3) is 1.71. The van der Waals surface area contributed by atoms with Crippen LogP contribution in [0.1, 0.15) is 17.5 Å². The highest BCUT2D eigenvalue weighted by Gasteiger charge is 2.19. The van der Waals surface area contributed by atoms with Crippen molar-refractivity contribution in [3.63, 3.8) is 0 Å². The third-order valence-electron chi connectivity index (χ3n) is 2.96. The van der Waals surface area contributed by atoms with Gasteiger partial charge >= 0.3 is 0 Å². The smallest absolute Gasteiger partial charge is 0.0656 e. The average Bonchev–Trinajstić information content (AvgIpc) is 2.47. The van der Waals surface area contributed by atoms with E-state index in [0.29, 0.717) is 0 Å². The van der Waals surface area contributed by atoms with Crippen molar-refractivity contribution in [3.05, 3.63) is 29.3 Å². The molecule has 0 heterocycles. The fraction of sp³-hybridized carbons (Fsp3) is 0.500. The Morgan fingerprint density at radius 1 is 1.00 bits per heavy atom. The van der Waals surface area contributed by atoms with E-state index >= 15 is 0 Å². The average molecular weight is 190 g/mol. The number of hydrogen-bond donors (Lipinski definition) is 0. The molecule has 2 rings (SSSR count). The first kappa shape index (κ1) is 9.01. The molecular formula is C12H18Si. The minimum Gasteiger partial charge on any atom is -0.0656 e. The summed E-state index contributed by atoms with van der Waals surface area (Å²) in [5.74, 6) is 0. The van der Waals surface area contributed by atoms with Crippen molar-refractivity contribution < 1.29 is 0 Å². The van der Waals surface area contributed by atoms with Crippen LogP contribution in [0.2, 0.25) is 19.6 Å². The van der Waals surface area contributed by atoms with Crippen molar-refractivity contribution in [1.82, 2.24) is 0 Å². The van der Waals surface area contributed by atoms with Gasteiger partial charge in [0.05, 0.1) is 8.07 Å². The second kappa shape index (κ2) is 2.98. The molecule has 0 fully saturated rings. The highest BCUT2D eigenvalue weighted by atomic mass is 28.3. The van der Waals surface area contributed by atoms with Crippen molar-refractivity contribution in [2.45, 2.75) is 38.9 Å². The van der Waals surface area contributed by atoms with Crippen LogP contribution in [0.3, 0.4) is 0 Å². The van der Waals surface area contributed by atoms with Crippen molar-refractivity contribution in [3.8, 4) is 0 Å². The maximum absolute atomic E-state index is 2.47. The van der Waals surface area contributed by atoms with Crippen LogP contribution in [0, 0.1) is 0 Å². The summed E-state index contributed by atoms with van der Waals surface area (Å²) >= 11 is 0. The molecule has 0 aliphatic heterocycles. The zero-order valence-corrected chi connectivity index (χ0v) is 9.85. The summed E-state index contributed by atoms with van der Waals surface area (Å²) in [5.41, 5.74) is 3.22. The Labute approximate surface area is 82.0 Å². The molecule has 1 aromatic carbocycles. The fourth-order valence-electron chi connectivity index (χ4n) is 2.04. The molecule has 13 heavy (non-hydrogen) atoms. The first-order valence-electron chi connectivity index (χ1n) is 5.20. The normalized spacial score (nSPS) is 15.9. The second-order valence-electron chi connectivity index (χ2n) is 5.09. The summed E-state index contributed by atoms with van der Waals surface area (Å²) in [6.45, 7) is 7.26. The van der Waals surface area contributed by atoms with Gasteiger partial charge in [-0.05, 0) is 30.4 Å². The van der Waals surface area contributed by atoms with E-state index < -0.39 is 8.07 Å². The van der Waals surface area contributed by atoms with Gasteiger partial charge in [0.25, 0.3) is 0 Å². The van der Waals surface area contributed by atoms with E-state index in [4.69, 9.17) is 0 Å². The van der Waals surface area contributed by atoms with E-state index in [-0.39, 0.29) is 0 Å². The Hall–Kier alpha value is -0.563. The van der Waals surface area contributed by atoms with Gasteiger partial charge in [-0.1, -0.05) is 43.0 Å². The van der Waals surface area contributed by atoms with Crippen LogP contribution in [-0.2, 0) is 12.8 Å². The highest BCUT2D eigenvalue weighted by Crippen LogP contribution is 2.21. The van der Waals surface area contributed by atoms with Gasteiger partial charge in [0.2, 0.25) is 0 Å². The van der Waals surface area contributed by atoms with Crippen LogP contribution in [0.15, 0.2) is 18.2 Å². The zero-order valence-electron chi connectivity index (χ0n) is 8.85. The minimum atomic E-state index is -1.08. The number of aryl methyl sites for hydroxylation is 2. The van der Waals surface area contributed by atoms with E-state index in [1.54, 1.807) is 16.3 Å². The lowest BCUT2D eigenvalue weighted by molar-refractivity contribution is 0.912. The van der Waals surface area contributed by atoms with Gasteiger partial charge in [-0.25, -0.2) is 0 Å². The Morgan fingerprint density at radius 2 is 1.69 bits per heavy atom. The molecule has 0 N–H and O–H groups in total. The highest BCUT2D eigenvalue weighted by molar-refractivity contribution is 6.88. The van der Waals surface area contributed by atoms with Gasteiger partial charge < -0.3 is 0 Å². The molecule has 0 saturated carbocycles. The maximum Gasteiger partial charge on any atom is 0.0776 e. The van der Waals surface area contributed by atoms with Gasteiger partial charge in [0.15, 0.2) is 0 Å². The molecule has 0 spiro atoms. The van der Waals surface area contributed by atoms with Gasteiger partial charge in [-0.3, -0.25) is 0 Å². The topological polar surface area (TPSA) is 0 Å². The van der Waals surface area contributed by atoms with Crippen LogP contribution < -0.4 is 5.19 Å². The standard InChI is InChI=1S/C12H18Si/c1-13(2,3)12-8-7-10-5-4-6-11(10)9-12/h7-9H,4-6H2,1-3H3. The molecular weight excluding hydrogens is 172 g/mol. The molecule has 1 aromatic rings. The Kier molecular flexibility index (Phi) is 2.07. The van der Waals surface area contributed by atoms with Crippen molar-refractivity contribution in [2.24, 2.45) is 0 Å². The van der Waals surface area contributed by atoms with Gasteiger partial charge in [0.1, 0.15) is 0 Å². The summed E-state index contributed by atoms with van der Waals surface area (Å²) in [5, 5.41) is 1.62. The van der Waals surface area contributed by atoms with E-state index in [2.05, 4.69) is 37.8 Å². The Balaban J connectivity index is 2.42. The second-order valence-corrected chi connectivity index (χ2v) is 10.2. The van der Waals surface area contributed by atoms with E-state index in [0.717, 1.165) is 0 Å². The predicted octanol–water partition coefficient (Wildman–Crippen LogP) is 2.72. The summed E-state index contributed by atoms with van der Waals surface area (Å²) in [6, 6.07) is 7.18. The largest absolute Gasteiger partial charge is 0.0776 e. The van der Waals surface area contributed by atoms with Crippen LogP contribution in [-0.4, -0.2) is 8.07 Å². The number of rotatable bonds is 1. The van der Waals surface area contributed by atoms with Crippen molar-refractivity contribution in [2.75, 3.05) is 0 Å². The number of hydrogen-bond acceptors (Lipinski definition) is 0. The lowest BCUT2D eigenvalue weighted by Crippen LogP contribution is -2.37. The summed E-state index contributed by atoms with van der Waals surface area (Å²) in [6.07, 6.45) is 3.99. The Bertz CT molecular complexity index is 320. The molecule has 1 aliphatic rings. The molecule has 0 nitrogen and oxygen atoms in total. The molecule has 70 valence electrons. The van der Waals surface area contributed by atoms with Crippen LogP contribution in [0.25, 0.3) is 0 Å². The summed E-state index contributed by atoms with van der Waals surface area (Å²) < 4.78 is 0. The van der Waals surface area contributed by atoms with Crippen LogP contribution in [0.4, 0.5) is 0 Å². The van der Waals surface area contributed by atoms with Crippen molar-refractivity contribution >= 4 is 13.3 Å². The lowest BCUT2D eigenvalue weighted by Gasteiger charge is -2.17. The lowest BCUT2D eigenvalue weighted by atomic mass is 10.1. The van der Waals surface area contributed by atoms with E-state index in [1.807, 2.05) is 0 Å². The monoisotopic (exact) mass is 190 g/mol. The third-order valence-corrected chi connectivity index (χ3v) is 5.01. The van der Waals surface area contributed by atoms with Gasteiger partial charge in [-0.2, -0.15) is 0 Å². The minimum absolute atomic E-state index is 1.08. The maximum atomic E-state index is 2.47. The fourth-order valence-corrected chi connectivity index (χ4v) is 3.23. The number of fused-ring (bicyclic) bond motifs is 1. The van der Waals surface area contributed by atoms with Gasteiger partial charge in [0, 0.05) is 0 Å². The van der Waals surface area contributed by atoms with Gasteiger partial charge in [-0.15, -0.1) is 0 Å². The SMILES string of the molecule is C[Si](C)(C)c1ccc2c(c1)CCC2. The van der Waals surface area contributed by atoms with Crippen LogP contribution >= 0.6 is 0 Å². The molecule has 0 bridgehead atoms. The molecule has 1 aliphatic carbocycles. The first-order chi connectivity index (χ1) is 6.07.